The fourth-order valence-electron chi connectivity index (χ4n) is 1.30. The predicted molar refractivity (Wildman–Crippen MR) is 59.3 cm³/mol. The molecule has 0 aliphatic rings. The molecule has 0 radical (unpaired) electrons. The van der Waals surface area contributed by atoms with Crippen LogP contribution in [0.15, 0.2) is 30.3 Å². The van der Waals surface area contributed by atoms with E-state index in [0.717, 1.165) is 0 Å². The Morgan fingerprint density at radius 1 is 1.31 bits per heavy atom. The van der Waals surface area contributed by atoms with Gasteiger partial charge < -0.3 is 4.74 Å². The topological polar surface area (TPSA) is 9.23 Å². The monoisotopic (exact) mass is 296 g/mol. The minimum atomic E-state index is -3.82. The minimum Gasteiger partial charge on any atom is -0.309 e. The van der Waals surface area contributed by atoms with E-state index in [-0.39, 0.29) is 0 Å². The molecular weight excluding hydrogens is 285 g/mol. The minimum absolute atomic E-state index is 0.347. The van der Waals surface area contributed by atoms with Crippen LogP contribution in [0.1, 0.15) is 25.0 Å². The van der Waals surface area contributed by atoms with E-state index in [1.54, 1.807) is 37.3 Å². The van der Waals surface area contributed by atoms with Crippen LogP contribution in [0.3, 0.4) is 0 Å². The summed E-state index contributed by atoms with van der Waals surface area (Å²) in [6.07, 6.45) is -4.29. The van der Waals surface area contributed by atoms with Gasteiger partial charge in [-0.05, 0) is 27.9 Å². The highest BCUT2D eigenvalue weighted by Gasteiger charge is 2.42. The number of halogens is 4. The van der Waals surface area contributed by atoms with Crippen molar-refractivity contribution in [3.8, 4) is 0 Å². The summed E-state index contributed by atoms with van der Waals surface area (Å²) in [6, 6.07) is 8.56. The Hall–Kier alpha value is -0.550. The van der Waals surface area contributed by atoms with Crippen molar-refractivity contribution in [2.45, 2.75) is 30.6 Å². The molecule has 0 bridgehead atoms. The van der Waals surface area contributed by atoms with Crippen LogP contribution in [0.2, 0.25) is 0 Å². The molecule has 90 valence electrons. The highest BCUT2D eigenvalue weighted by Crippen LogP contribution is 2.34. The second-order valence-electron chi connectivity index (χ2n) is 3.29. The summed E-state index contributed by atoms with van der Waals surface area (Å²) >= 11 is 2.18. The number of benzene rings is 1. The maximum atomic E-state index is 13.0. The van der Waals surface area contributed by atoms with Crippen molar-refractivity contribution in [3.63, 3.8) is 0 Å². The molecule has 0 aliphatic heterocycles. The standard InChI is InChI=1S/C11H12BrF3O/c1-2-9(8-6-4-3-5-7-8)16-11(14,15)10(12)13/h3-7,9-10H,2H2,1H3. The molecular formula is C11H12BrF3O. The van der Waals surface area contributed by atoms with Gasteiger partial charge in [-0.2, -0.15) is 8.78 Å². The van der Waals surface area contributed by atoms with Crippen LogP contribution in [0.4, 0.5) is 13.2 Å². The number of hydrogen-bond donors (Lipinski definition) is 0. The Balaban J connectivity index is 2.78. The van der Waals surface area contributed by atoms with Crippen LogP contribution in [0, 0.1) is 0 Å². The normalized spacial score (nSPS) is 15.8. The average Bonchev–Trinajstić information content (AvgIpc) is 2.27. The quantitative estimate of drug-likeness (QED) is 0.730. The first-order valence-electron chi connectivity index (χ1n) is 4.86. The maximum absolute atomic E-state index is 13.0. The highest BCUT2D eigenvalue weighted by molar-refractivity contribution is 9.09. The summed E-state index contributed by atoms with van der Waals surface area (Å²) in [4.78, 5) is 0. The summed E-state index contributed by atoms with van der Waals surface area (Å²) in [5.41, 5.74) is 0.609. The van der Waals surface area contributed by atoms with Crippen molar-refractivity contribution in [1.29, 1.82) is 0 Å². The molecule has 0 fully saturated rings. The van der Waals surface area contributed by atoms with Gasteiger partial charge in [0.1, 0.15) is 0 Å². The fourth-order valence-corrected chi connectivity index (χ4v) is 1.40. The van der Waals surface area contributed by atoms with Crippen LogP contribution in [-0.2, 0) is 4.74 Å². The van der Waals surface area contributed by atoms with Crippen LogP contribution >= 0.6 is 15.9 Å². The summed E-state index contributed by atoms with van der Waals surface area (Å²) in [5.74, 6) is 0. The number of rotatable bonds is 5. The van der Waals surface area contributed by atoms with Gasteiger partial charge in [0.15, 0.2) is 0 Å². The highest BCUT2D eigenvalue weighted by atomic mass is 79.9. The third-order valence-corrected chi connectivity index (χ3v) is 2.63. The van der Waals surface area contributed by atoms with Crippen molar-refractivity contribution < 1.29 is 17.9 Å². The first kappa shape index (κ1) is 13.5. The van der Waals surface area contributed by atoms with Crippen molar-refractivity contribution in [3.05, 3.63) is 35.9 Å². The van der Waals surface area contributed by atoms with Gasteiger partial charge in [-0.25, -0.2) is 4.39 Å². The zero-order valence-electron chi connectivity index (χ0n) is 8.67. The fraction of sp³-hybridized carbons (Fsp3) is 0.455. The average molecular weight is 297 g/mol. The van der Waals surface area contributed by atoms with E-state index in [1.165, 1.54) is 0 Å². The molecule has 0 spiro atoms. The second kappa shape index (κ2) is 5.68. The second-order valence-corrected chi connectivity index (χ2v) is 4.09. The summed E-state index contributed by atoms with van der Waals surface area (Å²) in [5, 5.41) is -2.50. The van der Waals surface area contributed by atoms with E-state index in [2.05, 4.69) is 20.7 Å². The van der Waals surface area contributed by atoms with Crippen molar-refractivity contribution in [2.75, 3.05) is 0 Å². The zero-order chi connectivity index (χ0) is 12.2. The largest absolute Gasteiger partial charge is 0.397 e. The molecule has 2 atom stereocenters. The third kappa shape index (κ3) is 3.49. The van der Waals surface area contributed by atoms with E-state index in [9.17, 15) is 13.2 Å². The van der Waals surface area contributed by atoms with E-state index in [1.807, 2.05) is 0 Å². The lowest BCUT2D eigenvalue weighted by Gasteiger charge is -2.23. The van der Waals surface area contributed by atoms with Gasteiger partial charge in [-0.3, -0.25) is 0 Å². The molecule has 1 aromatic carbocycles. The molecule has 2 unspecified atom stereocenters. The van der Waals surface area contributed by atoms with E-state index < -0.39 is 17.3 Å². The SMILES string of the molecule is CCC(OC(F)(F)C(F)Br)c1ccccc1. The van der Waals surface area contributed by atoms with Gasteiger partial charge in [-0.1, -0.05) is 37.3 Å². The maximum Gasteiger partial charge on any atom is 0.397 e. The van der Waals surface area contributed by atoms with Gasteiger partial charge in [0.05, 0.1) is 6.10 Å². The van der Waals surface area contributed by atoms with Crippen molar-refractivity contribution in [2.24, 2.45) is 0 Å². The van der Waals surface area contributed by atoms with Gasteiger partial charge in [0, 0.05) is 0 Å². The Labute approximate surface area is 101 Å². The Morgan fingerprint density at radius 2 is 1.88 bits per heavy atom. The lowest BCUT2D eigenvalue weighted by Crippen LogP contribution is -2.30. The number of alkyl halides is 4. The predicted octanol–water partition coefficient (Wildman–Crippen LogP) is 4.44. The summed E-state index contributed by atoms with van der Waals surface area (Å²) in [6.45, 7) is 1.70. The van der Waals surface area contributed by atoms with Crippen molar-refractivity contribution >= 4 is 15.9 Å². The molecule has 16 heavy (non-hydrogen) atoms. The molecule has 0 aliphatic carbocycles. The van der Waals surface area contributed by atoms with Crippen LogP contribution in [0.5, 0.6) is 0 Å². The Morgan fingerprint density at radius 3 is 2.31 bits per heavy atom. The molecule has 0 saturated heterocycles. The lowest BCUT2D eigenvalue weighted by atomic mass is 10.1. The van der Waals surface area contributed by atoms with Crippen LogP contribution in [-0.4, -0.2) is 11.2 Å². The Kier molecular flexibility index (Phi) is 4.80. The Bertz CT molecular complexity index is 316. The first-order valence-corrected chi connectivity index (χ1v) is 5.77. The van der Waals surface area contributed by atoms with Crippen LogP contribution in [0.25, 0.3) is 0 Å². The zero-order valence-corrected chi connectivity index (χ0v) is 10.3. The first-order chi connectivity index (χ1) is 7.47. The molecule has 0 amide bonds. The molecule has 5 heteroatoms. The number of ether oxygens (including phenoxy) is 1. The molecule has 0 N–H and O–H groups in total. The van der Waals surface area contributed by atoms with Crippen LogP contribution < -0.4 is 0 Å². The molecule has 0 saturated carbocycles. The van der Waals surface area contributed by atoms with E-state index in [0.29, 0.717) is 12.0 Å². The van der Waals surface area contributed by atoms with E-state index in [4.69, 9.17) is 0 Å². The van der Waals surface area contributed by atoms with Gasteiger partial charge >= 0.3 is 6.11 Å². The molecule has 0 aromatic heterocycles. The third-order valence-electron chi connectivity index (χ3n) is 2.10. The smallest absolute Gasteiger partial charge is 0.309 e. The van der Waals surface area contributed by atoms with Gasteiger partial charge in [-0.15, -0.1) is 0 Å². The molecule has 1 rings (SSSR count). The summed E-state index contributed by atoms with van der Waals surface area (Å²) < 4.78 is 43.1. The van der Waals surface area contributed by atoms with E-state index >= 15 is 0 Å². The molecule has 1 aromatic rings. The van der Waals surface area contributed by atoms with Gasteiger partial charge in [0.25, 0.3) is 0 Å². The van der Waals surface area contributed by atoms with Crippen molar-refractivity contribution in [1.82, 2.24) is 0 Å². The summed E-state index contributed by atoms with van der Waals surface area (Å²) in [7, 11) is 0. The molecule has 0 heterocycles. The molecule has 1 nitrogen and oxygen atoms in total. The number of hydrogen-bond acceptors (Lipinski definition) is 1. The lowest BCUT2D eigenvalue weighted by molar-refractivity contribution is -0.278. The van der Waals surface area contributed by atoms with Gasteiger partial charge in [0.2, 0.25) is 5.08 Å².